The number of amides is 1. The lowest BCUT2D eigenvalue weighted by molar-refractivity contribution is -0.138. The zero-order chi connectivity index (χ0) is 28.1. The van der Waals surface area contributed by atoms with E-state index in [0.717, 1.165) is 21.8 Å². The molecule has 39 heavy (non-hydrogen) atoms. The largest absolute Gasteiger partial charge is 0.506 e. The number of ether oxygens (including phenoxy) is 2. The van der Waals surface area contributed by atoms with Gasteiger partial charge in [0.15, 0.2) is 0 Å². The third-order valence-electron chi connectivity index (χ3n) is 5.33. The van der Waals surface area contributed by atoms with Crippen LogP contribution in [0, 0.1) is 0 Å². The maximum atomic E-state index is 12.9. The number of benzene rings is 3. The Balaban J connectivity index is 1.70. The van der Waals surface area contributed by atoms with Gasteiger partial charge in [-0.25, -0.2) is 9.79 Å². The van der Waals surface area contributed by atoms with Crippen molar-refractivity contribution in [1.29, 1.82) is 0 Å². The first-order valence-corrected chi connectivity index (χ1v) is 14.2. The van der Waals surface area contributed by atoms with Crippen LogP contribution >= 0.6 is 62.5 Å². The van der Waals surface area contributed by atoms with Gasteiger partial charge in [-0.1, -0.05) is 80.7 Å². The van der Waals surface area contributed by atoms with Gasteiger partial charge in [0.1, 0.15) is 28.7 Å². The molecule has 1 amide bonds. The molecular formula is C28H19BrCl3NO5S. The maximum absolute atomic E-state index is 12.9. The van der Waals surface area contributed by atoms with Crippen LogP contribution in [-0.4, -0.2) is 28.6 Å². The standard InChI is InChI=1S/C28H19BrCl3NO5S/c1-2-37-28(36)24-25(34)23(39-27(24)33-26(35)19-5-3-4-6-20(19)31)12-16-11-17(29)8-10-22(16)38-14-15-7-9-18(30)13-21(15)32/h3-13,34H,2,14H2,1H3/b23-12-,33-27?. The van der Waals surface area contributed by atoms with Gasteiger partial charge in [-0.3, -0.25) is 4.79 Å². The highest BCUT2D eigenvalue weighted by molar-refractivity contribution is 9.10. The van der Waals surface area contributed by atoms with Crippen LogP contribution in [0.25, 0.3) is 6.08 Å². The first-order chi connectivity index (χ1) is 18.7. The molecule has 0 bridgehead atoms. The van der Waals surface area contributed by atoms with Gasteiger partial charge in [0.05, 0.1) is 22.1 Å². The molecule has 3 aromatic rings. The summed E-state index contributed by atoms with van der Waals surface area (Å²) >= 11 is 22.8. The number of nitrogens with zero attached hydrogens (tertiary/aromatic N) is 1. The molecule has 0 spiro atoms. The van der Waals surface area contributed by atoms with E-state index in [2.05, 4.69) is 20.9 Å². The number of carbonyl (C=O) groups is 2. The van der Waals surface area contributed by atoms with E-state index >= 15 is 0 Å². The minimum Gasteiger partial charge on any atom is -0.506 e. The molecule has 0 saturated heterocycles. The zero-order valence-electron chi connectivity index (χ0n) is 20.2. The first-order valence-electron chi connectivity index (χ1n) is 11.4. The highest BCUT2D eigenvalue weighted by Gasteiger charge is 2.34. The fraction of sp³-hybridized carbons (Fsp3) is 0.107. The molecule has 1 aliphatic rings. The van der Waals surface area contributed by atoms with Crippen molar-refractivity contribution in [3.63, 3.8) is 0 Å². The minimum absolute atomic E-state index is 0.00692. The number of thioether (sulfide) groups is 1. The number of esters is 1. The Morgan fingerprint density at radius 3 is 2.54 bits per heavy atom. The fourth-order valence-corrected chi connectivity index (χ4v) is 5.54. The van der Waals surface area contributed by atoms with E-state index in [9.17, 15) is 14.7 Å². The zero-order valence-corrected chi connectivity index (χ0v) is 24.9. The molecule has 0 unspecified atom stereocenters. The molecule has 0 aliphatic carbocycles. The average Bonchev–Trinajstić information content (AvgIpc) is 3.19. The molecule has 0 fully saturated rings. The number of halogens is 4. The highest BCUT2D eigenvalue weighted by atomic mass is 79.9. The SMILES string of the molecule is CCOC(=O)C1=C(O)/C(=C/c2cc(Br)ccc2OCc2ccc(Cl)cc2Cl)SC1=NC(=O)c1ccccc1Cl. The summed E-state index contributed by atoms with van der Waals surface area (Å²) in [5.41, 5.74) is 1.28. The smallest absolute Gasteiger partial charge is 0.344 e. The van der Waals surface area contributed by atoms with Crippen LogP contribution in [-0.2, 0) is 16.1 Å². The van der Waals surface area contributed by atoms with Crippen LogP contribution in [0.3, 0.4) is 0 Å². The number of hydrogen-bond donors (Lipinski definition) is 1. The van der Waals surface area contributed by atoms with E-state index in [1.807, 2.05) is 0 Å². The second-order valence-electron chi connectivity index (χ2n) is 7.96. The van der Waals surface area contributed by atoms with Crippen molar-refractivity contribution >= 4 is 85.5 Å². The van der Waals surface area contributed by atoms with E-state index < -0.39 is 11.9 Å². The molecule has 11 heteroatoms. The van der Waals surface area contributed by atoms with Crippen LogP contribution in [0.1, 0.15) is 28.4 Å². The summed E-state index contributed by atoms with van der Waals surface area (Å²) in [6, 6.07) is 16.9. The summed E-state index contributed by atoms with van der Waals surface area (Å²) in [6.45, 7) is 1.87. The van der Waals surface area contributed by atoms with Crippen LogP contribution < -0.4 is 4.74 Å². The second kappa shape index (κ2) is 13.1. The molecule has 200 valence electrons. The van der Waals surface area contributed by atoms with Gasteiger partial charge in [0.2, 0.25) is 0 Å². The molecule has 0 atom stereocenters. The van der Waals surface area contributed by atoms with Crippen molar-refractivity contribution in [1.82, 2.24) is 0 Å². The summed E-state index contributed by atoms with van der Waals surface area (Å²) < 4.78 is 11.9. The Kier molecular flexibility index (Phi) is 9.80. The molecule has 0 saturated carbocycles. The molecule has 1 N–H and O–H groups in total. The topological polar surface area (TPSA) is 85.2 Å². The lowest BCUT2D eigenvalue weighted by atomic mass is 10.1. The Labute approximate surface area is 252 Å². The third kappa shape index (κ3) is 7.07. The van der Waals surface area contributed by atoms with Gasteiger partial charge in [-0.15, -0.1) is 0 Å². The second-order valence-corrected chi connectivity index (χ2v) is 11.2. The summed E-state index contributed by atoms with van der Waals surface area (Å²) in [5, 5.41) is 12.2. The Bertz CT molecular complexity index is 1550. The van der Waals surface area contributed by atoms with E-state index in [1.165, 1.54) is 6.07 Å². The van der Waals surface area contributed by atoms with Gasteiger partial charge in [-0.05, 0) is 55.5 Å². The highest BCUT2D eigenvalue weighted by Crippen LogP contribution is 2.41. The van der Waals surface area contributed by atoms with Crippen molar-refractivity contribution in [2.24, 2.45) is 4.99 Å². The molecule has 0 radical (unpaired) electrons. The van der Waals surface area contributed by atoms with Crippen molar-refractivity contribution in [3.05, 3.63) is 113 Å². The van der Waals surface area contributed by atoms with E-state index in [4.69, 9.17) is 44.3 Å². The quantitative estimate of drug-likeness (QED) is 0.254. The van der Waals surface area contributed by atoms with Gasteiger partial charge < -0.3 is 14.6 Å². The Morgan fingerprint density at radius 2 is 1.82 bits per heavy atom. The summed E-state index contributed by atoms with van der Waals surface area (Å²) in [4.78, 5) is 30.0. The van der Waals surface area contributed by atoms with Gasteiger partial charge >= 0.3 is 5.97 Å². The Morgan fingerprint density at radius 1 is 1.05 bits per heavy atom. The molecule has 1 aliphatic heterocycles. The molecular weight excluding hydrogens is 649 g/mol. The number of aliphatic hydroxyl groups is 1. The fourth-order valence-electron chi connectivity index (χ4n) is 3.48. The van der Waals surface area contributed by atoms with Crippen molar-refractivity contribution in [2.45, 2.75) is 13.5 Å². The first kappa shape index (κ1) is 29.2. The number of hydrogen-bond acceptors (Lipinski definition) is 6. The van der Waals surface area contributed by atoms with Crippen molar-refractivity contribution in [3.8, 4) is 5.75 Å². The van der Waals surface area contributed by atoms with Crippen molar-refractivity contribution < 1.29 is 24.2 Å². The summed E-state index contributed by atoms with van der Waals surface area (Å²) in [7, 11) is 0. The normalized spacial score (nSPS) is 15.2. The number of rotatable bonds is 7. The number of aliphatic hydroxyl groups excluding tert-OH is 1. The minimum atomic E-state index is -0.806. The number of carbonyl (C=O) groups excluding carboxylic acids is 2. The molecule has 6 nitrogen and oxygen atoms in total. The average molecular weight is 668 g/mol. The van der Waals surface area contributed by atoms with Gasteiger partial charge in [0.25, 0.3) is 5.91 Å². The van der Waals surface area contributed by atoms with Gasteiger partial charge in [-0.2, -0.15) is 0 Å². The van der Waals surface area contributed by atoms with Crippen LogP contribution in [0.4, 0.5) is 0 Å². The molecule has 0 aromatic heterocycles. The van der Waals surface area contributed by atoms with Crippen LogP contribution in [0.5, 0.6) is 5.75 Å². The van der Waals surface area contributed by atoms with Crippen LogP contribution in [0.15, 0.2) is 86.4 Å². The predicted molar refractivity (Wildman–Crippen MR) is 160 cm³/mol. The van der Waals surface area contributed by atoms with E-state index in [1.54, 1.807) is 67.6 Å². The van der Waals surface area contributed by atoms with Crippen molar-refractivity contribution in [2.75, 3.05) is 6.61 Å². The molecule has 1 heterocycles. The van der Waals surface area contributed by atoms with Crippen LogP contribution in [0.2, 0.25) is 15.1 Å². The lowest BCUT2D eigenvalue weighted by Crippen LogP contribution is -2.14. The van der Waals surface area contributed by atoms with Gasteiger partial charge in [0, 0.05) is 25.6 Å². The maximum Gasteiger partial charge on any atom is 0.344 e. The monoisotopic (exact) mass is 665 g/mol. The summed E-state index contributed by atoms with van der Waals surface area (Å²) in [6.07, 6.45) is 1.63. The third-order valence-corrected chi connectivity index (χ3v) is 7.76. The predicted octanol–water partition coefficient (Wildman–Crippen LogP) is 8.69. The molecule has 4 rings (SSSR count). The summed E-state index contributed by atoms with van der Waals surface area (Å²) in [5.74, 6) is -1.35. The van der Waals surface area contributed by atoms with E-state index in [-0.39, 0.29) is 45.1 Å². The van der Waals surface area contributed by atoms with E-state index in [0.29, 0.717) is 21.4 Å². The molecule has 3 aromatic carbocycles. The lowest BCUT2D eigenvalue weighted by Gasteiger charge is -2.12. The number of aliphatic imine (C=N–C) groups is 1. The Hall–Kier alpha value is -2.75.